The lowest BCUT2D eigenvalue weighted by molar-refractivity contribution is -0.147. The maximum Gasteiger partial charge on any atom is 0.325 e. The standard InChI is InChI=1S/C14H21NO3/c1-2-3-9-18-14(17)13(11-16)15-10-12-7-5-4-6-8-12/h4-8,13,15-16H,2-3,9-11H2,1H3/t13-/m0/s1. The number of benzene rings is 1. The normalized spacial score (nSPS) is 12.1. The fourth-order valence-corrected chi connectivity index (χ4v) is 1.48. The highest BCUT2D eigenvalue weighted by molar-refractivity contribution is 5.75. The lowest BCUT2D eigenvalue weighted by Gasteiger charge is -2.15. The molecule has 4 nitrogen and oxygen atoms in total. The highest BCUT2D eigenvalue weighted by Crippen LogP contribution is 1.99. The summed E-state index contributed by atoms with van der Waals surface area (Å²) in [5.74, 6) is -0.387. The predicted octanol–water partition coefficient (Wildman–Crippen LogP) is 1.48. The van der Waals surface area contributed by atoms with Gasteiger partial charge in [-0.2, -0.15) is 0 Å². The summed E-state index contributed by atoms with van der Waals surface area (Å²) in [7, 11) is 0. The molecule has 0 bridgehead atoms. The van der Waals surface area contributed by atoms with Crippen LogP contribution < -0.4 is 5.32 Å². The van der Waals surface area contributed by atoms with Crippen LogP contribution in [0, 0.1) is 0 Å². The molecule has 0 aromatic heterocycles. The van der Waals surface area contributed by atoms with E-state index in [1.54, 1.807) is 0 Å². The van der Waals surface area contributed by atoms with E-state index in [9.17, 15) is 4.79 Å². The lowest BCUT2D eigenvalue weighted by Crippen LogP contribution is -2.40. The molecule has 0 heterocycles. The number of aliphatic hydroxyl groups is 1. The number of esters is 1. The Balaban J connectivity index is 2.35. The Morgan fingerprint density at radius 3 is 2.72 bits per heavy atom. The lowest BCUT2D eigenvalue weighted by atomic mass is 10.2. The summed E-state index contributed by atoms with van der Waals surface area (Å²) < 4.78 is 5.06. The number of ether oxygens (including phenoxy) is 1. The molecule has 18 heavy (non-hydrogen) atoms. The van der Waals surface area contributed by atoms with Crippen LogP contribution in [0.1, 0.15) is 25.3 Å². The summed E-state index contributed by atoms with van der Waals surface area (Å²) in [6.07, 6.45) is 1.83. The van der Waals surface area contributed by atoms with Gasteiger partial charge in [0.2, 0.25) is 0 Å². The SMILES string of the molecule is CCCCOC(=O)[C@H](CO)NCc1ccccc1. The number of hydrogen-bond donors (Lipinski definition) is 2. The first-order valence-corrected chi connectivity index (χ1v) is 6.32. The van der Waals surface area contributed by atoms with Crippen molar-refractivity contribution in [2.24, 2.45) is 0 Å². The van der Waals surface area contributed by atoms with Crippen molar-refractivity contribution in [2.75, 3.05) is 13.2 Å². The van der Waals surface area contributed by atoms with Crippen LogP contribution in [0.2, 0.25) is 0 Å². The van der Waals surface area contributed by atoms with Crippen LogP contribution in [0.3, 0.4) is 0 Å². The molecule has 0 aliphatic heterocycles. The fourth-order valence-electron chi connectivity index (χ4n) is 1.48. The van der Waals surface area contributed by atoms with E-state index in [-0.39, 0.29) is 12.6 Å². The number of unbranched alkanes of at least 4 members (excludes halogenated alkanes) is 1. The molecule has 1 rings (SSSR count). The van der Waals surface area contributed by atoms with Crippen LogP contribution in [0.5, 0.6) is 0 Å². The Kier molecular flexibility index (Phi) is 7.06. The van der Waals surface area contributed by atoms with Crippen LogP contribution >= 0.6 is 0 Å². The first-order valence-electron chi connectivity index (χ1n) is 6.32. The van der Waals surface area contributed by atoms with Gasteiger partial charge < -0.3 is 9.84 Å². The highest BCUT2D eigenvalue weighted by Gasteiger charge is 2.17. The number of hydrogen-bond acceptors (Lipinski definition) is 4. The number of aliphatic hydroxyl groups excluding tert-OH is 1. The van der Waals surface area contributed by atoms with E-state index in [1.165, 1.54) is 0 Å². The predicted molar refractivity (Wildman–Crippen MR) is 70.0 cm³/mol. The third kappa shape index (κ3) is 5.29. The Morgan fingerprint density at radius 2 is 2.11 bits per heavy atom. The summed E-state index contributed by atoms with van der Waals surface area (Å²) >= 11 is 0. The van der Waals surface area contributed by atoms with Crippen molar-refractivity contribution in [2.45, 2.75) is 32.4 Å². The van der Waals surface area contributed by atoms with Gasteiger partial charge in [-0.15, -0.1) is 0 Å². The van der Waals surface area contributed by atoms with Gasteiger partial charge in [-0.05, 0) is 12.0 Å². The molecule has 1 atom stereocenters. The summed E-state index contributed by atoms with van der Waals surface area (Å²) in [6.45, 7) is 2.73. The van der Waals surface area contributed by atoms with Crippen LogP contribution in [-0.2, 0) is 16.1 Å². The van der Waals surface area contributed by atoms with Crippen molar-refractivity contribution in [3.05, 3.63) is 35.9 Å². The first-order chi connectivity index (χ1) is 8.77. The minimum absolute atomic E-state index is 0.252. The topological polar surface area (TPSA) is 58.6 Å². The zero-order chi connectivity index (χ0) is 13.2. The summed E-state index contributed by atoms with van der Waals surface area (Å²) in [5.41, 5.74) is 1.07. The molecule has 1 aromatic carbocycles. The van der Waals surface area contributed by atoms with Crippen LogP contribution in [0.15, 0.2) is 30.3 Å². The number of carbonyl (C=O) groups is 1. The molecule has 2 N–H and O–H groups in total. The molecule has 0 fully saturated rings. The smallest absolute Gasteiger partial charge is 0.325 e. The zero-order valence-electron chi connectivity index (χ0n) is 10.8. The van der Waals surface area contributed by atoms with Gasteiger partial charge >= 0.3 is 5.97 Å². The third-order valence-corrected chi connectivity index (χ3v) is 2.60. The van der Waals surface area contributed by atoms with Crippen LogP contribution in [-0.4, -0.2) is 30.3 Å². The van der Waals surface area contributed by atoms with E-state index in [0.29, 0.717) is 13.2 Å². The highest BCUT2D eigenvalue weighted by atomic mass is 16.5. The summed E-state index contributed by atoms with van der Waals surface area (Å²) in [5, 5.41) is 12.2. The van der Waals surface area contributed by atoms with Crippen molar-refractivity contribution in [3.63, 3.8) is 0 Å². The second kappa shape index (κ2) is 8.66. The van der Waals surface area contributed by atoms with Gasteiger partial charge in [0.05, 0.1) is 13.2 Å². The van der Waals surface area contributed by atoms with E-state index < -0.39 is 6.04 Å². The Morgan fingerprint density at radius 1 is 1.39 bits per heavy atom. The molecular formula is C14H21NO3. The van der Waals surface area contributed by atoms with Crippen molar-refractivity contribution in [1.82, 2.24) is 5.32 Å². The van der Waals surface area contributed by atoms with E-state index >= 15 is 0 Å². The van der Waals surface area contributed by atoms with E-state index in [2.05, 4.69) is 5.32 Å². The number of carbonyl (C=O) groups excluding carboxylic acids is 1. The first kappa shape index (κ1) is 14.7. The maximum absolute atomic E-state index is 11.6. The van der Waals surface area contributed by atoms with Gasteiger partial charge in [0.15, 0.2) is 0 Å². The average Bonchev–Trinajstić information content (AvgIpc) is 2.41. The molecule has 0 amide bonds. The van der Waals surface area contributed by atoms with Crippen molar-refractivity contribution >= 4 is 5.97 Å². The van der Waals surface area contributed by atoms with E-state index in [4.69, 9.17) is 9.84 Å². The van der Waals surface area contributed by atoms with Crippen molar-refractivity contribution in [3.8, 4) is 0 Å². The van der Waals surface area contributed by atoms with Crippen molar-refractivity contribution < 1.29 is 14.6 Å². The molecule has 0 saturated carbocycles. The van der Waals surface area contributed by atoms with Crippen LogP contribution in [0.25, 0.3) is 0 Å². The molecule has 0 saturated heterocycles. The van der Waals surface area contributed by atoms with E-state index in [1.807, 2.05) is 37.3 Å². The Bertz CT molecular complexity index is 340. The average molecular weight is 251 g/mol. The van der Waals surface area contributed by atoms with Gasteiger partial charge in [-0.1, -0.05) is 43.7 Å². The molecule has 1 aromatic rings. The second-order valence-electron chi connectivity index (χ2n) is 4.12. The maximum atomic E-state index is 11.6. The van der Waals surface area contributed by atoms with Gasteiger partial charge in [0.25, 0.3) is 0 Å². The van der Waals surface area contributed by atoms with Gasteiger partial charge in [-0.25, -0.2) is 0 Å². The number of rotatable bonds is 8. The molecule has 0 aliphatic rings. The minimum atomic E-state index is -0.651. The molecule has 0 radical (unpaired) electrons. The molecular weight excluding hydrogens is 230 g/mol. The van der Waals surface area contributed by atoms with E-state index in [0.717, 1.165) is 18.4 Å². The van der Waals surface area contributed by atoms with Gasteiger partial charge in [0.1, 0.15) is 6.04 Å². The summed E-state index contributed by atoms with van der Waals surface area (Å²) in [4.78, 5) is 11.6. The summed E-state index contributed by atoms with van der Waals surface area (Å²) in [6, 6.07) is 9.08. The second-order valence-corrected chi connectivity index (χ2v) is 4.12. The van der Waals surface area contributed by atoms with Crippen molar-refractivity contribution in [1.29, 1.82) is 0 Å². The monoisotopic (exact) mass is 251 g/mol. The molecule has 4 heteroatoms. The minimum Gasteiger partial charge on any atom is -0.464 e. The Hall–Kier alpha value is -1.39. The third-order valence-electron chi connectivity index (χ3n) is 2.60. The number of nitrogens with one attached hydrogen (secondary N) is 1. The molecule has 0 unspecified atom stereocenters. The van der Waals surface area contributed by atoms with Gasteiger partial charge in [0, 0.05) is 6.54 Å². The van der Waals surface area contributed by atoms with Crippen LogP contribution in [0.4, 0.5) is 0 Å². The van der Waals surface area contributed by atoms with Gasteiger partial charge in [-0.3, -0.25) is 10.1 Å². The quantitative estimate of drug-likeness (QED) is 0.543. The molecule has 100 valence electrons. The Labute approximate surface area is 108 Å². The molecule has 0 spiro atoms. The largest absolute Gasteiger partial charge is 0.464 e. The zero-order valence-corrected chi connectivity index (χ0v) is 10.8. The molecule has 0 aliphatic carbocycles. The fraction of sp³-hybridized carbons (Fsp3) is 0.500.